The number of carbonyl (C=O) groups excluding carboxylic acids is 1. The highest BCUT2D eigenvalue weighted by Gasteiger charge is 2.36. The van der Waals surface area contributed by atoms with Crippen molar-refractivity contribution in [3.8, 4) is 0 Å². The number of nitrogens with one attached hydrogen (secondary N) is 1. The van der Waals surface area contributed by atoms with Crippen molar-refractivity contribution in [2.24, 2.45) is 0 Å². The molecule has 4 nitrogen and oxygen atoms in total. The average molecular weight is 294 g/mol. The first kappa shape index (κ1) is 13.9. The first-order valence-electron chi connectivity index (χ1n) is 7.16. The molecule has 1 aromatic rings. The van der Waals surface area contributed by atoms with Gasteiger partial charge in [0.2, 0.25) is 0 Å². The van der Waals surface area contributed by atoms with Crippen molar-refractivity contribution >= 4 is 17.5 Å². The lowest BCUT2D eigenvalue weighted by Gasteiger charge is -2.46. The Morgan fingerprint density at radius 2 is 2.00 bits per heavy atom. The van der Waals surface area contributed by atoms with Crippen LogP contribution in [0.3, 0.4) is 0 Å². The summed E-state index contributed by atoms with van der Waals surface area (Å²) < 4.78 is 0. The van der Waals surface area contributed by atoms with E-state index in [1.807, 2.05) is 30.0 Å². The second kappa shape index (κ2) is 5.72. The van der Waals surface area contributed by atoms with E-state index in [9.17, 15) is 4.79 Å². The number of nitrogens with zero attached hydrogens (tertiary/aromatic N) is 2. The molecule has 1 N–H and O–H groups in total. The minimum absolute atomic E-state index is 0.0603. The summed E-state index contributed by atoms with van der Waals surface area (Å²) in [5.41, 5.74) is 1.59. The molecule has 2 heterocycles. The van der Waals surface area contributed by atoms with Crippen molar-refractivity contribution < 1.29 is 4.79 Å². The molecular formula is C15H20ClN3O. The zero-order valence-corrected chi connectivity index (χ0v) is 12.5. The maximum absolute atomic E-state index is 12.4. The number of piperazine rings is 1. The van der Waals surface area contributed by atoms with E-state index in [0.717, 1.165) is 44.8 Å². The van der Waals surface area contributed by atoms with E-state index < -0.39 is 0 Å². The number of likely N-dealkylation sites (tertiary alicyclic amines) is 1. The maximum Gasteiger partial charge on any atom is 0.255 e. The number of hydrogen-bond donors (Lipinski definition) is 1. The Labute approximate surface area is 124 Å². The van der Waals surface area contributed by atoms with Gasteiger partial charge >= 0.3 is 0 Å². The summed E-state index contributed by atoms with van der Waals surface area (Å²) in [6.45, 7) is 7.84. The Morgan fingerprint density at radius 3 is 2.70 bits per heavy atom. The largest absolute Gasteiger partial charge is 0.335 e. The number of hydrogen-bond acceptors (Lipinski definition) is 3. The lowest BCUT2D eigenvalue weighted by molar-refractivity contribution is 0.0227. The smallest absolute Gasteiger partial charge is 0.255 e. The second-order valence-electron chi connectivity index (χ2n) is 5.59. The minimum atomic E-state index is 0.0603. The monoisotopic (exact) mass is 293 g/mol. The van der Waals surface area contributed by atoms with Crippen LogP contribution >= 0.6 is 11.6 Å². The molecule has 0 atom stereocenters. The molecule has 2 aliphatic rings. The molecule has 5 heteroatoms. The topological polar surface area (TPSA) is 35.6 Å². The molecular weight excluding hydrogens is 274 g/mol. The average Bonchev–Trinajstić information content (AvgIpc) is 2.41. The molecule has 108 valence electrons. The Kier molecular flexibility index (Phi) is 3.96. The number of rotatable bonds is 2. The van der Waals surface area contributed by atoms with Gasteiger partial charge in [-0.05, 0) is 18.6 Å². The van der Waals surface area contributed by atoms with Gasteiger partial charge in [0.15, 0.2) is 0 Å². The third kappa shape index (κ3) is 2.55. The van der Waals surface area contributed by atoms with Crippen molar-refractivity contribution in [1.29, 1.82) is 0 Å². The lowest BCUT2D eigenvalue weighted by Crippen LogP contribution is -2.63. The lowest BCUT2D eigenvalue weighted by atomic mass is 10.0. The SMILES string of the molecule is Cc1cccc(C(=O)N2CC(N3CCNCC3)C2)c1Cl. The molecule has 2 fully saturated rings. The van der Waals surface area contributed by atoms with Crippen LogP contribution in [0.15, 0.2) is 18.2 Å². The molecule has 0 aromatic heterocycles. The molecule has 0 radical (unpaired) electrons. The maximum atomic E-state index is 12.4. The van der Waals surface area contributed by atoms with Gasteiger partial charge in [-0.2, -0.15) is 0 Å². The van der Waals surface area contributed by atoms with E-state index in [2.05, 4.69) is 10.2 Å². The third-order valence-corrected chi connectivity index (χ3v) is 4.74. The highest BCUT2D eigenvalue weighted by Crippen LogP contribution is 2.25. The summed E-state index contributed by atoms with van der Waals surface area (Å²) in [6.07, 6.45) is 0. The summed E-state index contributed by atoms with van der Waals surface area (Å²) in [7, 11) is 0. The molecule has 0 unspecified atom stereocenters. The summed E-state index contributed by atoms with van der Waals surface area (Å²) >= 11 is 6.23. The Hall–Kier alpha value is -1.10. The van der Waals surface area contributed by atoms with Crippen molar-refractivity contribution in [1.82, 2.24) is 15.1 Å². The normalized spacial score (nSPS) is 20.8. The van der Waals surface area contributed by atoms with Gasteiger partial charge in [-0.1, -0.05) is 23.7 Å². The van der Waals surface area contributed by atoms with Crippen LogP contribution in [-0.4, -0.2) is 61.0 Å². The van der Waals surface area contributed by atoms with Crippen LogP contribution in [0, 0.1) is 6.92 Å². The molecule has 0 spiro atoms. The van der Waals surface area contributed by atoms with Crippen LogP contribution in [0.25, 0.3) is 0 Å². The van der Waals surface area contributed by atoms with E-state index in [1.54, 1.807) is 0 Å². The van der Waals surface area contributed by atoms with E-state index in [-0.39, 0.29) is 5.91 Å². The highest BCUT2D eigenvalue weighted by atomic mass is 35.5. The zero-order chi connectivity index (χ0) is 14.1. The number of aryl methyl sites for hydroxylation is 1. The van der Waals surface area contributed by atoms with Crippen LogP contribution in [-0.2, 0) is 0 Å². The molecule has 0 bridgehead atoms. The van der Waals surface area contributed by atoms with Crippen LogP contribution in [0.4, 0.5) is 0 Å². The van der Waals surface area contributed by atoms with Crippen molar-refractivity contribution in [2.45, 2.75) is 13.0 Å². The van der Waals surface area contributed by atoms with E-state index in [1.165, 1.54) is 0 Å². The second-order valence-corrected chi connectivity index (χ2v) is 5.96. The first-order chi connectivity index (χ1) is 9.66. The van der Waals surface area contributed by atoms with Crippen LogP contribution in [0.1, 0.15) is 15.9 Å². The van der Waals surface area contributed by atoms with Gasteiger partial charge < -0.3 is 10.2 Å². The molecule has 0 saturated carbocycles. The number of halogens is 1. The standard InChI is InChI=1S/C15H20ClN3O/c1-11-3-2-4-13(14(11)16)15(20)19-9-12(10-19)18-7-5-17-6-8-18/h2-4,12,17H,5-10H2,1H3. The van der Waals surface area contributed by atoms with Gasteiger partial charge in [0.1, 0.15) is 0 Å². The predicted octanol–water partition coefficient (Wildman–Crippen LogP) is 1.38. The number of carbonyl (C=O) groups is 1. The number of benzene rings is 1. The Balaban J connectivity index is 1.61. The van der Waals surface area contributed by atoms with Crippen molar-refractivity contribution in [3.05, 3.63) is 34.3 Å². The first-order valence-corrected chi connectivity index (χ1v) is 7.54. The fraction of sp³-hybridized carbons (Fsp3) is 0.533. The fourth-order valence-electron chi connectivity index (χ4n) is 2.88. The molecule has 0 aliphatic carbocycles. The van der Waals surface area contributed by atoms with E-state index in [0.29, 0.717) is 16.6 Å². The van der Waals surface area contributed by atoms with Gasteiger partial charge in [0.25, 0.3) is 5.91 Å². The van der Waals surface area contributed by atoms with E-state index >= 15 is 0 Å². The summed E-state index contributed by atoms with van der Waals surface area (Å²) in [6, 6.07) is 6.15. The van der Waals surface area contributed by atoms with Crippen molar-refractivity contribution in [3.63, 3.8) is 0 Å². The van der Waals surface area contributed by atoms with Gasteiger partial charge in [0.05, 0.1) is 10.6 Å². The molecule has 20 heavy (non-hydrogen) atoms. The van der Waals surface area contributed by atoms with Gasteiger partial charge in [-0.25, -0.2) is 0 Å². The molecule has 1 amide bonds. The zero-order valence-electron chi connectivity index (χ0n) is 11.7. The Bertz CT molecular complexity index is 508. The summed E-state index contributed by atoms with van der Waals surface area (Å²) in [5.74, 6) is 0.0603. The van der Waals surface area contributed by atoms with Crippen LogP contribution in [0.5, 0.6) is 0 Å². The molecule has 2 aliphatic heterocycles. The summed E-state index contributed by atoms with van der Waals surface area (Å²) in [5, 5.41) is 3.94. The Morgan fingerprint density at radius 1 is 1.30 bits per heavy atom. The fourth-order valence-corrected chi connectivity index (χ4v) is 3.09. The number of amides is 1. The minimum Gasteiger partial charge on any atom is -0.335 e. The van der Waals surface area contributed by atoms with Gasteiger partial charge in [-0.3, -0.25) is 9.69 Å². The van der Waals surface area contributed by atoms with Crippen LogP contribution < -0.4 is 5.32 Å². The van der Waals surface area contributed by atoms with E-state index in [4.69, 9.17) is 11.6 Å². The summed E-state index contributed by atoms with van der Waals surface area (Å²) in [4.78, 5) is 16.8. The molecule has 2 saturated heterocycles. The quantitative estimate of drug-likeness (QED) is 0.895. The highest BCUT2D eigenvalue weighted by molar-refractivity contribution is 6.34. The molecule has 1 aromatic carbocycles. The van der Waals surface area contributed by atoms with Gasteiger partial charge in [0, 0.05) is 45.3 Å². The predicted molar refractivity (Wildman–Crippen MR) is 80.3 cm³/mol. The van der Waals surface area contributed by atoms with Crippen LogP contribution in [0.2, 0.25) is 5.02 Å². The third-order valence-electron chi connectivity index (χ3n) is 4.24. The van der Waals surface area contributed by atoms with Gasteiger partial charge in [-0.15, -0.1) is 0 Å². The van der Waals surface area contributed by atoms with Crippen molar-refractivity contribution in [2.75, 3.05) is 39.3 Å². The molecule has 3 rings (SSSR count).